The van der Waals surface area contributed by atoms with Crippen molar-refractivity contribution in [3.8, 4) is 0 Å². The minimum absolute atomic E-state index is 0.0386. The van der Waals surface area contributed by atoms with Gasteiger partial charge in [0.2, 0.25) is 11.8 Å². The Morgan fingerprint density at radius 2 is 1.28 bits per heavy atom. The number of carbonyl (C=O) groups is 4. The molecular weight excluding hydrogens is 320 g/mol. The average molecular weight is 336 g/mol. The van der Waals surface area contributed by atoms with Gasteiger partial charge in [-0.25, -0.2) is 5.01 Å². The highest BCUT2D eigenvalue weighted by atomic mass is 16.2. The Labute approximate surface area is 144 Å². The number of rotatable bonds is 5. The first-order valence-electron chi connectivity index (χ1n) is 7.89. The van der Waals surface area contributed by atoms with Crippen molar-refractivity contribution < 1.29 is 19.2 Å². The van der Waals surface area contributed by atoms with E-state index in [-0.39, 0.29) is 25.2 Å². The molecule has 3 rings (SSSR count). The van der Waals surface area contributed by atoms with Gasteiger partial charge < -0.3 is 0 Å². The van der Waals surface area contributed by atoms with E-state index in [9.17, 15) is 19.2 Å². The molecule has 0 N–H and O–H groups in total. The lowest BCUT2D eigenvalue weighted by molar-refractivity contribution is -0.152. The summed E-state index contributed by atoms with van der Waals surface area (Å²) >= 11 is 0. The van der Waals surface area contributed by atoms with E-state index in [4.69, 9.17) is 0 Å². The van der Waals surface area contributed by atoms with Crippen molar-refractivity contribution in [2.24, 2.45) is 0 Å². The second-order valence-electron chi connectivity index (χ2n) is 5.62. The van der Waals surface area contributed by atoms with E-state index >= 15 is 0 Å². The van der Waals surface area contributed by atoms with Gasteiger partial charge in [0.05, 0.1) is 0 Å². The summed E-state index contributed by atoms with van der Waals surface area (Å²) in [6, 6.07) is 16.7. The first-order valence-corrected chi connectivity index (χ1v) is 7.89. The summed E-state index contributed by atoms with van der Waals surface area (Å²) in [5.74, 6) is -1.86. The predicted octanol–water partition coefficient (Wildman–Crippen LogP) is 2.08. The molecule has 0 aromatic heterocycles. The van der Waals surface area contributed by atoms with Crippen LogP contribution in [-0.4, -0.2) is 40.1 Å². The standard InChI is InChI=1S/C19H16N2O4/c22-16(14-7-3-1-4-8-14)13-20(21-17(23)11-12-18(21)24)19(25)15-9-5-2-6-10-15/h1-10H,11-13H2. The molecule has 0 bridgehead atoms. The molecule has 25 heavy (non-hydrogen) atoms. The van der Waals surface area contributed by atoms with Crippen LogP contribution in [0, 0.1) is 0 Å². The van der Waals surface area contributed by atoms with Gasteiger partial charge in [-0.1, -0.05) is 48.5 Å². The minimum atomic E-state index is -0.562. The van der Waals surface area contributed by atoms with E-state index in [2.05, 4.69) is 0 Å². The minimum Gasteiger partial charge on any atom is -0.292 e. The van der Waals surface area contributed by atoms with Crippen LogP contribution >= 0.6 is 0 Å². The highest BCUT2D eigenvalue weighted by Crippen LogP contribution is 2.18. The zero-order chi connectivity index (χ0) is 17.8. The molecule has 0 radical (unpaired) electrons. The molecule has 0 spiro atoms. The average Bonchev–Trinajstić information content (AvgIpc) is 2.99. The van der Waals surface area contributed by atoms with Crippen LogP contribution in [0.4, 0.5) is 0 Å². The third-order valence-electron chi connectivity index (χ3n) is 3.91. The first-order chi connectivity index (χ1) is 12.1. The monoisotopic (exact) mass is 336 g/mol. The maximum Gasteiger partial charge on any atom is 0.273 e. The number of ketones is 1. The van der Waals surface area contributed by atoms with Gasteiger partial charge in [-0.3, -0.25) is 19.2 Å². The fourth-order valence-corrected chi connectivity index (χ4v) is 2.65. The third-order valence-corrected chi connectivity index (χ3v) is 3.91. The smallest absolute Gasteiger partial charge is 0.273 e. The van der Waals surface area contributed by atoms with Gasteiger partial charge in [-0.15, -0.1) is 0 Å². The topological polar surface area (TPSA) is 74.8 Å². The van der Waals surface area contributed by atoms with Crippen molar-refractivity contribution in [3.63, 3.8) is 0 Å². The second kappa shape index (κ2) is 7.09. The molecule has 1 aliphatic rings. The lowest BCUT2D eigenvalue weighted by atomic mass is 10.1. The molecule has 1 saturated heterocycles. The van der Waals surface area contributed by atoms with Gasteiger partial charge in [0, 0.05) is 24.0 Å². The van der Waals surface area contributed by atoms with E-state index in [0.717, 1.165) is 10.0 Å². The number of imide groups is 1. The second-order valence-corrected chi connectivity index (χ2v) is 5.62. The Hall–Kier alpha value is -3.28. The maximum atomic E-state index is 12.8. The van der Waals surface area contributed by atoms with Crippen LogP contribution in [0.25, 0.3) is 0 Å². The summed E-state index contributed by atoms with van der Waals surface area (Å²) in [6.07, 6.45) is 0.0772. The van der Waals surface area contributed by atoms with E-state index in [1.165, 1.54) is 0 Å². The number of amides is 3. The van der Waals surface area contributed by atoms with Gasteiger partial charge in [-0.2, -0.15) is 5.01 Å². The lowest BCUT2D eigenvalue weighted by Crippen LogP contribution is -2.51. The normalized spacial score (nSPS) is 13.8. The van der Waals surface area contributed by atoms with Crippen LogP contribution in [0.15, 0.2) is 60.7 Å². The zero-order valence-electron chi connectivity index (χ0n) is 13.4. The van der Waals surface area contributed by atoms with Gasteiger partial charge >= 0.3 is 0 Å². The van der Waals surface area contributed by atoms with Gasteiger partial charge in [0.15, 0.2) is 5.78 Å². The molecule has 0 atom stereocenters. The summed E-state index contributed by atoms with van der Waals surface area (Å²) in [5.41, 5.74) is 0.711. The quantitative estimate of drug-likeness (QED) is 0.619. The van der Waals surface area contributed by atoms with Gasteiger partial charge in [0.25, 0.3) is 5.91 Å². The molecule has 126 valence electrons. The molecule has 1 heterocycles. The number of hydrogen-bond donors (Lipinski definition) is 0. The van der Waals surface area contributed by atoms with Crippen molar-refractivity contribution >= 4 is 23.5 Å². The number of hydrazine groups is 1. The lowest BCUT2D eigenvalue weighted by Gasteiger charge is -2.29. The molecule has 0 aliphatic carbocycles. The number of hydrogen-bond acceptors (Lipinski definition) is 4. The van der Waals surface area contributed by atoms with Crippen LogP contribution in [0.2, 0.25) is 0 Å². The van der Waals surface area contributed by atoms with E-state index < -0.39 is 17.7 Å². The highest BCUT2D eigenvalue weighted by Gasteiger charge is 2.38. The number of benzene rings is 2. The Kier molecular flexibility index (Phi) is 4.70. The molecule has 1 fully saturated rings. The number of nitrogens with zero attached hydrogens (tertiary/aromatic N) is 2. The predicted molar refractivity (Wildman–Crippen MR) is 89.3 cm³/mol. The van der Waals surface area contributed by atoms with Crippen LogP contribution in [0.3, 0.4) is 0 Å². The van der Waals surface area contributed by atoms with E-state index in [1.54, 1.807) is 60.7 Å². The summed E-state index contributed by atoms with van der Waals surface area (Å²) in [7, 11) is 0. The van der Waals surface area contributed by atoms with Crippen molar-refractivity contribution in [2.45, 2.75) is 12.8 Å². The zero-order valence-corrected chi connectivity index (χ0v) is 13.4. The van der Waals surface area contributed by atoms with Crippen LogP contribution in [0.1, 0.15) is 33.6 Å². The van der Waals surface area contributed by atoms with Gasteiger partial charge in [-0.05, 0) is 12.1 Å². The number of carbonyl (C=O) groups excluding carboxylic acids is 4. The molecule has 2 aromatic rings. The summed E-state index contributed by atoms with van der Waals surface area (Å²) in [6.45, 7) is -0.380. The molecule has 2 aromatic carbocycles. The van der Waals surface area contributed by atoms with Gasteiger partial charge in [0.1, 0.15) is 6.54 Å². The number of Topliss-reactive ketones (excluding diaryl/α,β-unsaturated/α-hetero) is 1. The molecule has 6 heteroatoms. The molecule has 3 amide bonds. The largest absolute Gasteiger partial charge is 0.292 e. The Morgan fingerprint density at radius 3 is 1.80 bits per heavy atom. The third kappa shape index (κ3) is 3.47. The molecule has 1 aliphatic heterocycles. The fraction of sp³-hybridized carbons (Fsp3) is 0.158. The summed E-state index contributed by atoms with van der Waals surface area (Å²) < 4.78 is 0. The van der Waals surface area contributed by atoms with Crippen LogP contribution < -0.4 is 0 Å². The Bertz CT molecular complexity index is 802. The summed E-state index contributed by atoms with van der Waals surface area (Å²) in [5, 5.41) is 1.75. The Balaban J connectivity index is 1.92. The molecular formula is C19H16N2O4. The van der Waals surface area contributed by atoms with Crippen LogP contribution in [0.5, 0.6) is 0 Å². The fourth-order valence-electron chi connectivity index (χ4n) is 2.65. The van der Waals surface area contributed by atoms with Crippen molar-refractivity contribution in [3.05, 3.63) is 71.8 Å². The van der Waals surface area contributed by atoms with E-state index in [1.807, 2.05) is 0 Å². The van der Waals surface area contributed by atoms with Crippen molar-refractivity contribution in [2.75, 3.05) is 6.54 Å². The SMILES string of the molecule is O=C(CN(C(=O)c1ccccc1)N1C(=O)CCC1=O)c1ccccc1. The molecule has 6 nitrogen and oxygen atoms in total. The molecule has 0 unspecified atom stereocenters. The highest BCUT2D eigenvalue weighted by molar-refractivity contribution is 6.07. The van der Waals surface area contributed by atoms with Crippen molar-refractivity contribution in [1.82, 2.24) is 10.0 Å². The summed E-state index contributed by atoms with van der Waals surface area (Å²) in [4.78, 5) is 49.5. The Morgan fingerprint density at radius 1 is 0.800 bits per heavy atom. The first kappa shape index (κ1) is 16.6. The maximum absolute atomic E-state index is 12.8. The molecule has 0 saturated carbocycles. The van der Waals surface area contributed by atoms with Crippen molar-refractivity contribution in [1.29, 1.82) is 0 Å². The van der Waals surface area contributed by atoms with E-state index in [0.29, 0.717) is 11.1 Å². The van der Waals surface area contributed by atoms with Crippen LogP contribution in [-0.2, 0) is 9.59 Å².